The van der Waals surface area contributed by atoms with E-state index in [1.165, 1.54) is 7.11 Å². The van der Waals surface area contributed by atoms with Crippen molar-refractivity contribution in [2.75, 3.05) is 7.11 Å². The Hall–Kier alpha value is -2.10. The second-order valence-corrected chi connectivity index (χ2v) is 5.08. The normalized spacial score (nSPS) is 14.2. The van der Waals surface area contributed by atoms with E-state index in [-0.39, 0.29) is 17.3 Å². The maximum atomic E-state index is 14.1. The molecule has 0 amide bonds. The number of methoxy groups -OCH3 is 1. The summed E-state index contributed by atoms with van der Waals surface area (Å²) in [5.41, 5.74) is 2.42. The van der Waals surface area contributed by atoms with Crippen LogP contribution in [-0.2, 0) is 13.0 Å². The summed E-state index contributed by atoms with van der Waals surface area (Å²) in [4.78, 5) is 11.8. The molecule has 0 fully saturated rings. The van der Waals surface area contributed by atoms with Gasteiger partial charge in [-0.3, -0.25) is 4.79 Å². The molecular formula is C16H16FNO2. The van der Waals surface area contributed by atoms with Crippen molar-refractivity contribution in [1.29, 1.82) is 0 Å². The third kappa shape index (κ3) is 2.22. The van der Waals surface area contributed by atoms with Gasteiger partial charge in [0.15, 0.2) is 17.3 Å². The summed E-state index contributed by atoms with van der Waals surface area (Å²) >= 11 is 0. The molecule has 104 valence electrons. The smallest absolute Gasteiger partial charge is 0.170 e. The van der Waals surface area contributed by atoms with Gasteiger partial charge in [-0.05, 0) is 24.5 Å². The van der Waals surface area contributed by atoms with Crippen molar-refractivity contribution in [1.82, 2.24) is 4.57 Å². The number of nitrogens with zero attached hydrogens (tertiary/aromatic N) is 1. The van der Waals surface area contributed by atoms with E-state index in [1.54, 1.807) is 18.2 Å². The first-order chi connectivity index (χ1) is 9.69. The number of fused-ring (bicyclic) bond motifs is 1. The molecule has 0 bridgehead atoms. The van der Waals surface area contributed by atoms with E-state index in [0.29, 0.717) is 18.5 Å². The number of ether oxygens (including phenoxy) is 1. The molecule has 20 heavy (non-hydrogen) atoms. The van der Waals surface area contributed by atoms with Crippen molar-refractivity contribution >= 4 is 5.78 Å². The molecule has 0 saturated heterocycles. The van der Waals surface area contributed by atoms with Gasteiger partial charge >= 0.3 is 0 Å². The van der Waals surface area contributed by atoms with Crippen molar-refractivity contribution in [3.8, 4) is 5.75 Å². The summed E-state index contributed by atoms with van der Waals surface area (Å²) in [5.74, 6) is 0.0969. The van der Waals surface area contributed by atoms with Gasteiger partial charge in [0.25, 0.3) is 0 Å². The summed E-state index contributed by atoms with van der Waals surface area (Å²) in [6, 6.07) is 5.10. The molecule has 4 heteroatoms. The lowest BCUT2D eigenvalue weighted by atomic mass is 9.95. The molecule has 0 atom stereocenters. The maximum Gasteiger partial charge on any atom is 0.170 e. The van der Waals surface area contributed by atoms with Crippen LogP contribution in [0.25, 0.3) is 0 Å². The molecule has 0 saturated carbocycles. The number of ketones is 1. The zero-order valence-electron chi connectivity index (χ0n) is 11.4. The van der Waals surface area contributed by atoms with Crippen LogP contribution in [0.5, 0.6) is 5.75 Å². The molecular weight excluding hydrogens is 257 g/mol. The minimum absolute atomic E-state index is 0.191. The molecule has 0 unspecified atom stereocenters. The standard InChI is InChI=1S/C16H16FNO2/c1-20-15-7-3-5-12(16(15)17)9-18-8-11-4-2-6-14(19)13(11)10-18/h3,5,7-8,10H,2,4,6,9H2,1H3. The zero-order valence-corrected chi connectivity index (χ0v) is 11.4. The number of hydrogen-bond acceptors (Lipinski definition) is 2. The second kappa shape index (κ2) is 5.12. The second-order valence-electron chi connectivity index (χ2n) is 5.08. The molecule has 1 aliphatic rings. The van der Waals surface area contributed by atoms with Gasteiger partial charge in [-0.2, -0.15) is 0 Å². The van der Waals surface area contributed by atoms with Gasteiger partial charge in [0, 0.05) is 29.9 Å². The Labute approximate surface area is 117 Å². The van der Waals surface area contributed by atoms with Gasteiger partial charge in [-0.1, -0.05) is 12.1 Å². The summed E-state index contributed by atoms with van der Waals surface area (Å²) in [7, 11) is 1.45. The molecule has 0 aliphatic heterocycles. The Morgan fingerprint density at radius 3 is 2.90 bits per heavy atom. The lowest BCUT2D eigenvalue weighted by Crippen LogP contribution is -2.07. The van der Waals surface area contributed by atoms with Crippen LogP contribution in [0.1, 0.15) is 34.3 Å². The summed E-state index contributed by atoms with van der Waals surface area (Å²) in [6.45, 7) is 0.406. The fourth-order valence-electron chi connectivity index (χ4n) is 2.70. The summed E-state index contributed by atoms with van der Waals surface area (Å²) in [6.07, 6.45) is 6.23. The van der Waals surface area contributed by atoms with Crippen LogP contribution in [0, 0.1) is 5.82 Å². The van der Waals surface area contributed by atoms with Gasteiger partial charge in [0.2, 0.25) is 0 Å². The highest BCUT2D eigenvalue weighted by molar-refractivity contribution is 5.98. The summed E-state index contributed by atoms with van der Waals surface area (Å²) < 4.78 is 21.0. The van der Waals surface area contributed by atoms with Crippen molar-refractivity contribution in [2.45, 2.75) is 25.8 Å². The highest BCUT2D eigenvalue weighted by atomic mass is 19.1. The fourth-order valence-corrected chi connectivity index (χ4v) is 2.70. The first-order valence-corrected chi connectivity index (χ1v) is 6.72. The Morgan fingerprint density at radius 1 is 1.30 bits per heavy atom. The Bertz CT molecular complexity index is 660. The molecule has 1 aromatic carbocycles. The van der Waals surface area contributed by atoms with Gasteiger partial charge in [-0.15, -0.1) is 0 Å². The van der Waals surface area contributed by atoms with E-state index < -0.39 is 0 Å². The van der Waals surface area contributed by atoms with E-state index in [2.05, 4.69) is 0 Å². The summed E-state index contributed by atoms with van der Waals surface area (Å²) in [5, 5.41) is 0. The van der Waals surface area contributed by atoms with Crippen LogP contribution in [0.3, 0.4) is 0 Å². The van der Waals surface area contributed by atoms with E-state index in [0.717, 1.165) is 24.0 Å². The number of aryl methyl sites for hydroxylation is 1. The first-order valence-electron chi connectivity index (χ1n) is 6.72. The molecule has 3 nitrogen and oxygen atoms in total. The van der Waals surface area contributed by atoms with E-state index in [4.69, 9.17) is 4.74 Å². The number of rotatable bonds is 3. The lowest BCUT2D eigenvalue weighted by Gasteiger charge is -2.08. The Balaban J connectivity index is 1.90. The maximum absolute atomic E-state index is 14.1. The molecule has 1 heterocycles. The number of halogens is 1. The molecule has 0 radical (unpaired) electrons. The topological polar surface area (TPSA) is 31.2 Å². The fraction of sp³-hybridized carbons (Fsp3) is 0.312. The van der Waals surface area contributed by atoms with Crippen LogP contribution in [0.2, 0.25) is 0 Å². The molecule has 3 rings (SSSR count). The van der Waals surface area contributed by atoms with Crippen molar-refractivity contribution in [3.05, 3.63) is 53.1 Å². The molecule has 1 aliphatic carbocycles. The van der Waals surface area contributed by atoms with Crippen LogP contribution >= 0.6 is 0 Å². The molecule has 1 aromatic heterocycles. The number of carbonyl (C=O) groups excluding carboxylic acids is 1. The zero-order chi connectivity index (χ0) is 14.1. The quantitative estimate of drug-likeness (QED) is 0.860. The van der Waals surface area contributed by atoms with Gasteiger partial charge in [0.1, 0.15) is 0 Å². The lowest BCUT2D eigenvalue weighted by molar-refractivity contribution is 0.0973. The monoisotopic (exact) mass is 273 g/mol. The van der Waals surface area contributed by atoms with Crippen molar-refractivity contribution in [2.24, 2.45) is 0 Å². The highest BCUT2D eigenvalue weighted by Crippen LogP contribution is 2.24. The van der Waals surface area contributed by atoms with Gasteiger partial charge in [0.05, 0.1) is 13.7 Å². The van der Waals surface area contributed by atoms with Crippen LogP contribution in [0.15, 0.2) is 30.6 Å². The number of hydrogen-bond donors (Lipinski definition) is 0. The molecule has 0 N–H and O–H groups in total. The average molecular weight is 273 g/mol. The van der Waals surface area contributed by atoms with Crippen LogP contribution < -0.4 is 4.74 Å². The predicted molar refractivity (Wildman–Crippen MR) is 73.8 cm³/mol. The first kappa shape index (κ1) is 12.9. The number of aromatic nitrogens is 1. The Morgan fingerprint density at radius 2 is 2.15 bits per heavy atom. The van der Waals surface area contributed by atoms with Crippen LogP contribution in [-0.4, -0.2) is 17.5 Å². The molecule has 2 aromatic rings. The van der Waals surface area contributed by atoms with E-state index in [1.807, 2.05) is 17.0 Å². The predicted octanol–water partition coefficient (Wildman–Crippen LogP) is 3.20. The van der Waals surface area contributed by atoms with Crippen LogP contribution in [0.4, 0.5) is 4.39 Å². The largest absolute Gasteiger partial charge is 0.494 e. The number of benzene rings is 1. The van der Waals surface area contributed by atoms with Crippen molar-refractivity contribution in [3.63, 3.8) is 0 Å². The third-order valence-corrected chi connectivity index (χ3v) is 3.73. The minimum atomic E-state index is -0.340. The van der Waals surface area contributed by atoms with E-state index >= 15 is 0 Å². The van der Waals surface area contributed by atoms with Gasteiger partial charge < -0.3 is 9.30 Å². The third-order valence-electron chi connectivity index (χ3n) is 3.73. The minimum Gasteiger partial charge on any atom is -0.494 e. The number of carbonyl (C=O) groups is 1. The molecule has 0 spiro atoms. The SMILES string of the molecule is COc1cccc(Cn2cc3c(c2)C(=O)CCC3)c1F. The average Bonchev–Trinajstić information content (AvgIpc) is 2.85. The Kier molecular flexibility index (Phi) is 3.30. The van der Waals surface area contributed by atoms with E-state index in [9.17, 15) is 9.18 Å². The van der Waals surface area contributed by atoms with Crippen molar-refractivity contribution < 1.29 is 13.9 Å². The number of Topliss-reactive ketones (excluding diaryl/α,β-unsaturated/α-hetero) is 1. The van der Waals surface area contributed by atoms with Gasteiger partial charge in [-0.25, -0.2) is 4.39 Å². The highest BCUT2D eigenvalue weighted by Gasteiger charge is 2.19.